The van der Waals surface area contributed by atoms with E-state index in [9.17, 15) is 14.3 Å². The quantitative estimate of drug-likeness (QED) is 0.801. The van der Waals surface area contributed by atoms with Crippen molar-refractivity contribution in [2.75, 3.05) is 45.9 Å². The zero-order valence-corrected chi connectivity index (χ0v) is 16.3. The summed E-state index contributed by atoms with van der Waals surface area (Å²) in [5.74, 6) is 0.556. The van der Waals surface area contributed by atoms with Gasteiger partial charge in [-0.2, -0.15) is 0 Å². The molecule has 1 atom stereocenters. The van der Waals surface area contributed by atoms with E-state index in [1.54, 1.807) is 17.0 Å². The van der Waals surface area contributed by atoms with Crippen LogP contribution in [0.1, 0.15) is 31.7 Å². The van der Waals surface area contributed by atoms with Crippen LogP contribution in [0.2, 0.25) is 0 Å². The Kier molecular flexibility index (Phi) is 6.71. The third-order valence-corrected chi connectivity index (χ3v) is 6.13. The Morgan fingerprint density at radius 2 is 1.96 bits per heavy atom. The molecule has 2 aliphatic heterocycles. The molecule has 150 valence electrons. The van der Waals surface area contributed by atoms with Gasteiger partial charge in [-0.1, -0.05) is 19.1 Å². The van der Waals surface area contributed by atoms with E-state index in [0.717, 1.165) is 37.5 Å². The van der Waals surface area contributed by atoms with Gasteiger partial charge < -0.3 is 20.2 Å². The Balaban J connectivity index is 1.45. The standard InChI is InChI=1S/C21H32FN3O2/c1-17-6-10-24(11-7-17)13-9-23-20(27)25-12-8-21(15-25,16-26)14-18-2-4-19(22)5-3-18/h2-5,17,26H,6-16H2,1H3,(H,23,27). The largest absolute Gasteiger partial charge is 0.396 e. The second-order valence-corrected chi connectivity index (χ2v) is 8.39. The second-order valence-electron chi connectivity index (χ2n) is 8.39. The maximum Gasteiger partial charge on any atom is 0.317 e. The van der Waals surface area contributed by atoms with Crippen LogP contribution in [0.15, 0.2) is 24.3 Å². The number of rotatable bonds is 6. The summed E-state index contributed by atoms with van der Waals surface area (Å²) >= 11 is 0. The Morgan fingerprint density at radius 1 is 1.26 bits per heavy atom. The molecule has 2 heterocycles. The van der Waals surface area contributed by atoms with E-state index in [1.807, 2.05) is 0 Å². The highest BCUT2D eigenvalue weighted by molar-refractivity contribution is 5.74. The van der Waals surface area contributed by atoms with E-state index in [0.29, 0.717) is 26.1 Å². The highest BCUT2D eigenvalue weighted by Crippen LogP contribution is 2.34. The van der Waals surface area contributed by atoms with Gasteiger partial charge in [0.05, 0.1) is 6.61 Å². The summed E-state index contributed by atoms with van der Waals surface area (Å²) in [4.78, 5) is 16.7. The van der Waals surface area contributed by atoms with Gasteiger partial charge in [0.2, 0.25) is 0 Å². The molecule has 1 aromatic rings. The molecule has 2 N–H and O–H groups in total. The minimum atomic E-state index is -0.335. The van der Waals surface area contributed by atoms with Crippen LogP contribution in [-0.4, -0.2) is 66.8 Å². The number of halogens is 1. The molecule has 0 bridgehead atoms. The van der Waals surface area contributed by atoms with Gasteiger partial charge in [0.1, 0.15) is 5.82 Å². The number of aliphatic hydroxyl groups excluding tert-OH is 1. The van der Waals surface area contributed by atoms with Crippen LogP contribution in [-0.2, 0) is 6.42 Å². The van der Waals surface area contributed by atoms with Crippen molar-refractivity contribution in [2.45, 2.75) is 32.6 Å². The molecular weight excluding hydrogens is 345 g/mol. The van der Waals surface area contributed by atoms with Crippen LogP contribution in [0.3, 0.4) is 0 Å². The first-order valence-electron chi connectivity index (χ1n) is 10.1. The molecule has 0 aromatic heterocycles. The molecule has 0 aliphatic carbocycles. The molecule has 0 spiro atoms. The zero-order chi connectivity index (χ0) is 19.3. The van der Waals surface area contributed by atoms with E-state index in [1.165, 1.54) is 25.0 Å². The Bertz CT molecular complexity index is 616. The maximum absolute atomic E-state index is 13.1. The SMILES string of the molecule is CC1CCN(CCNC(=O)N2CCC(CO)(Cc3ccc(F)cc3)C2)CC1. The monoisotopic (exact) mass is 377 g/mol. The van der Waals surface area contributed by atoms with Crippen molar-refractivity contribution < 1.29 is 14.3 Å². The lowest BCUT2D eigenvalue weighted by Crippen LogP contribution is -2.44. The van der Waals surface area contributed by atoms with E-state index in [-0.39, 0.29) is 23.9 Å². The average molecular weight is 378 g/mol. The number of carbonyl (C=O) groups excluding carboxylic acids is 1. The van der Waals surface area contributed by atoms with E-state index >= 15 is 0 Å². The number of benzene rings is 1. The highest BCUT2D eigenvalue weighted by Gasteiger charge is 2.39. The van der Waals surface area contributed by atoms with Crippen LogP contribution in [0, 0.1) is 17.2 Å². The van der Waals surface area contributed by atoms with Crippen molar-refractivity contribution in [1.29, 1.82) is 0 Å². The van der Waals surface area contributed by atoms with Crippen molar-refractivity contribution in [3.05, 3.63) is 35.6 Å². The molecule has 0 radical (unpaired) electrons. The predicted octanol–water partition coefficient (Wildman–Crippen LogP) is 2.49. The fraction of sp³-hybridized carbons (Fsp3) is 0.667. The molecule has 6 heteroatoms. The van der Waals surface area contributed by atoms with Crippen LogP contribution in [0.25, 0.3) is 0 Å². The number of nitrogens with one attached hydrogen (secondary N) is 1. The van der Waals surface area contributed by atoms with Crippen LogP contribution >= 0.6 is 0 Å². The summed E-state index contributed by atoms with van der Waals surface area (Å²) in [6.07, 6.45) is 3.89. The highest BCUT2D eigenvalue weighted by atomic mass is 19.1. The van der Waals surface area contributed by atoms with E-state index in [4.69, 9.17) is 0 Å². The molecule has 27 heavy (non-hydrogen) atoms. The molecular formula is C21H32FN3O2. The Hall–Kier alpha value is -1.66. The van der Waals surface area contributed by atoms with E-state index < -0.39 is 0 Å². The predicted molar refractivity (Wildman–Crippen MR) is 104 cm³/mol. The second kappa shape index (κ2) is 9.02. The number of hydrogen-bond donors (Lipinski definition) is 2. The summed E-state index contributed by atoms with van der Waals surface area (Å²) in [5.41, 5.74) is 0.657. The number of piperidine rings is 1. The molecule has 1 unspecified atom stereocenters. The van der Waals surface area contributed by atoms with E-state index in [2.05, 4.69) is 17.1 Å². The molecule has 0 saturated carbocycles. The normalized spacial score (nSPS) is 24.3. The van der Waals surface area contributed by atoms with Crippen LogP contribution in [0.5, 0.6) is 0 Å². The van der Waals surface area contributed by atoms with Crippen molar-refractivity contribution in [3.63, 3.8) is 0 Å². The van der Waals surface area contributed by atoms with Crippen molar-refractivity contribution in [1.82, 2.24) is 15.1 Å². The van der Waals surface area contributed by atoms with Gasteiger partial charge in [-0.3, -0.25) is 0 Å². The molecule has 2 fully saturated rings. The Morgan fingerprint density at radius 3 is 2.63 bits per heavy atom. The van der Waals surface area contributed by atoms with Crippen molar-refractivity contribution in [2.24, 2.45) is 11.3 Å². The topological polar surface area (TPSA) is 55.8 Å². The van der Waals surface area contributed by atoms with Crippen LogP contribution in [0.4, 0.5) is 9.18 Å². The van der Waals surface area contributed by atoms with Gasteiger partial charge in [0.15, 0.2) is 0 Å². The number of nitrogens with zero attached hydrogens (tertiary/aromatic N) is 2. The number of hydrogen-bond acceptors (Lipinski definition) is 3. The molecule has 2 amide bonds. The molecule has 2 aliphatic rings. The third-order valence-electron chi connectivity index (χ3n) is 6.13. The lowest BCUT2D eigenvalue weighted by atomic mass is 9.81. The lowest BCUT2D eigenvalue weighted by molar-refractivity contribution is 0.130. The van der Waals surface area contributed by atoms with Gasteiger partial charge >= 0.3 is 6.03 Å². The summed E-state index contributed by atoms with van der Waals surface area (Å²) in [7, 11) is 0. The van der Waals surface area contributed by atoms with Gasteiger partial charge in [0.25, 0.3) is 0 Å². The van der Waals surface area contributed by atoms with Crippen LogP contribution < -0.4 is 5.32 Å². The first-order valence-corrected chi connectivity index (χ1v) is 10.1. The number of likely N-dealkylation sites (tertiary alicyclic amines) is 2. The zero-order valence-electron chi connectivity index (χ0n) is 16.3. The number of urea groups is 1. The minimum Gasteiger partial charge on any atom is -0.396 e. The van der Waals surface area contributed by atoms with Gasteiger partial charge in [-0.05, 0) is 62.4 Å². The van der Waals surface area contributed by atoms with Gasteiger partial charge in [0, 0.05) is 31.6 Å². The third kappa shape index (κ3) is 5.42. The molecule has 2 saturated heterocycles. The first kappa shape index (κ1) is 20.1. The Labute approximate surface area is 161 Å². The van der Waals surface area contributed by atoms with Gasteiger partial charge in [-0.15, -0.1) is 0 Å². The summed E-state index contributed by atoms with van der Waals surface area (Å²) in [6, 6.07) is 6.36. The molecule has 1 aromatic carbocycles. The summed E-state index contributed by atoms with van der Waals surface area (Å²) < 4.78 is 13.1. The number of carbonyl (C=O) groups is 1. The lowest BCUT2D eigenvalue weighted by Gasteiger charge is -2.30. The summed E-state index contributed by atoms with van der Waals surface area (Å²) in [6.45, 7) is 7.30. The smallest absolute Gasteiger partial charge is 0.317 e. The van der Waals surface area contributed by atoms with Crippen molar-refractivity contribution >= 4 is 6.03 Å². The van der Waals surface area contributed by atoms with Crippen molar-refractivity contribution in [3.8, 4) is 0 Å². The number of aliphatic hydroxyl groups is 1. The average Bonchev–Trinajstić information content (AvgIpc) is 3.10. The maximum atomic E-state index is 13.1. The summed E-state index contributed by atoms with van der Waals surface area (Å²) in [5, 5.41) is 13.0. The fourth-order valence-electron chi connectivity index (χ4n) is 4.19. The van der Waals surface area contributed by atoms with Gasteiger partial charge in [-0.25, -0.2) is 9.18 Å². The minimum absolute atomic E-state index is 0.0279. The molecule has 5 nitrogen and oxygen atoms in total. The number of amides is 2. The first-order chi connectivity index (χ1) is 13.0. The fourth-order valence-corrected chi connectivity index (χ4v) is 4.19. The molecule has 3 rings (SSSR count).